The number of anilines is 1. The number of benzene rings is 2. The fourth-order valence-electron chi connectivity index (χ4n) is 1.94. The Hall–Kier alpha value is -3.02. The predicted octanol–water partition coefficient (Wildman–Crippen LogP) is 2.64. The highest BCUT2D eigenvalue weighted by Crippen LogP contribution is 2.22. The third kappa shape index (κ3) is 5.01. The fourth-order valence-corrected chi connectivity index (χ4v) is 1.94. The summed E-state index contributed by atoms with van der Waals surface area (Å²) in [5.41, 5.74) is 0.509. The molecule has 0 saturated heterocycles. The molecule has 1 N–H and O–H groups in total. The average Bonchev–Trinajstić information content (AvgIpc) is 2.61. The molecule has 0 aliphatic heterocycles. The van der Waals surface area contributed by atoms with E-state index in [1.54, 1.807) is 55.5 Å². The van der Waals surface area contributed by atoms with Gasteiger partial charge in [-0.3, -0.25) is 4.79 Å². The number of ether oxygens (including phenoxy) is 3. The van der Waals surface area contributed by atoms with Crippen molar-refractivity contribution < 1.29 is 23.8 Å². The van der Waals surface area contributed by atoms with Crippen LogP contribution in [0, 0.1) is 0 Å². The summed E-state index contributed by atoms with van der Waals surface area (Å²) in [6, 6.07) is 15.9. The second kappa shape index (κ2) is 8.57. The zero-order valence-electron chi connectivity index (χ0n) is 13.5. The Balaban J connectivity index is 1.81. The predicted molar refractivity (Wildman–Crippen MR) is 89.1 cm³/mol. The van der Waals surface area contributed by atoms with Crippen LogP contribution < -0.4 is 14.8 Å². The van der Waals surface area contributed by atoms with Crippen molar-refractivity contribution in [3.05, 3.63) is 54.6 Å². The average molecular weight is 329 g/mol. The molecule has 0 aromatic heterocycles. The van der Waals surface area contributed by atoms with Crippen LogP contribution in [0.1, 0.15) is 6.92 Å². The van der Waals surface area contributed by atoms with Crippen LogP contribution in [0.3, 0.4) is 0 Å². The first-order valence-electron chi connectivity index (χ1n) is 7.41. The molecule has 0 unspecified atom stereocenters. The first kappa shape index (κ1) is 17.3. The van der Waals surface area contributed by atoms with Gasteiger partial charge in [-0.15, -0.1) is 0 Å². The van der Waals surface area contributed by atoms with E-state index in [0.717, 1.165) is 0 Å². The molecule has 6 heteroatoms. The first-order chi connectivity index (χ1) is 11.6. The molecule has 2 aromatic rings. The van der Waals surface area contributed by atoms with Crippen LogP contribution in [0.5, 0.6) is 11.5 Å². The lowest BCUT2D eigenvalue weighted by atomic mass is 10.3. The number of carbonyl (C=O) groups excluding carboxylic acids is 2. The molecule has 0 heterocycles. The van der Waals surface area contributed by atoms with Crippen molar-refractivity contribution in [3.63, 3.8) is 0 Å². The van der Waals surface area contributed by atoms with Gasteiger partial charge in [0.15, 0.2) is 12.7 Å². The van der Waals surface area contributed by atoms with Crippen molar-refractivity contribution in [2.24, 2.45) is 0 Å². The minimum Gasteiger partial charge on any atom is -0.495 e. The van der Waals surface area contributed by atoms with E-state index in [1.165, 1.54) is 7.11 Å². The SMILES string of the molecule is COc1ccccc1NC(=O)COC(=O)[C@@H](C)Oc1ccccc1. The lowest BCUT2D eigenvalue weighted by molar-refractivity contribution is -0.153. The van der Waals surface area contributed by atoms with E-state index in [1.807, 2.05) is 6.07 Å². The summed E-state index contributed by atoms with van der Waals surface area (Å²) in [5.74, 6) is 0.00664. The van der Waals surface area contributed by atoms with Gasteiger partial charge in [0.1, 0.15) is 11.5 Å². The summed E-state index contributed by atoms with van der Waals surface area (Å²) >= 11 is 0. The largest absolute Gasteiger partial charge is 0.495 e. The van der Waals surface area contributed by atoms with Gasteiger partial charge in [-0.05, 0) is 31.2 Å². The third-order valence-electron chi connectivity index (χ3n) is 3.11. The van der Waals surface area contributed by atoms with Crippen molar-refractivity contribution in [1.82, 2.24) is 0 Å². The minimum absolute atomic E-state index is 0.403. The summed E-state index contributed by atoms with van der Waals surface area (Å²) in [6.07, 6.45) is -0.813. The normalized spacial score (nSPS) is 11.2. The Morgan fingerprint density at radius 3 is 2.42 bits per heavy atom. The molecule has 6 nitrogen and oxygen atoms in total. The number of hydrogen-bond acceptors (Lipinski definition) is 5. The van der Waals surface area contributed by atoms with E-state index in [9.17, 15) is 9.59 Å². The van der Waals surface area contributed by atoms with Crippen LogP contribution in [-0.2, 0) is 14.3 Å². The van der Waals surface area contributed by atoms with Crippen LogP contribution in [0.25, 0.3) is 0 Å². The van der Waals surface area contributed by atoms with Gasteiger partial charge in [0.25, 0.3) is 5.91 Å². The van der Waals surface area contributed by atoms with Crippen LogP contribution in [0.15, 0.2) is 54.6 Å². The summed E-state index contributed by atoms with van der Waals surface area (Å²) < 4.78 is 15.5. The Morgan fingerprint density at radius 2 is 1.71 bits per heavy atom. The van der Waals surface area contributed by atoms with Crippen molar-refractivity contribution in [3.8, 4) is 11.5 Å². The highest BCUT2D eigenvalue weighted by molar-refractivity contribution is 5.94. The van der Waals surface area contributed by atoms with Gasteiger partial charge in [0.2, 0.25) is 0 Å². The maximum Gasteiger partial charge on any atom is 0.347 e. The highest BCUT2D eigenvalue weighted by atomic mass is 16.6. The van der Waals surface area contributed by atoms with Crippen LogP contribution in [0.4, 0.5) is 5.69 Å². The molecule has 0 saturated carbocycles. The second-order valence-corrected chi connectivity index (χ2v) is 4.93. The van der Waals surface area contributed by atoms with Crippen molar-refractivity contribution in [2.75, 3.05) is 19.0 Å². The summed E-state index contributed by atoms with van der Waals surface area (Å²) in [4.78, 5) is 23.8. The molecule has 2 aromatic carbocycles. The molecule has 0 aliphatic carbocycles. The molecule has 1 amide bonds. The number of methoxy groups -OCH3 is 1. The second-order valence-electron chi connectivity index (χ2n) is 4.93. The standard InChI is InChI=1S/C18H19NO5/c1-13(24-14-8-4-3-5-9-14)18(21)23-12-17(20)19-15-10-6-7-11-16(15)22-2/h3-11,13H,12H2,1-2H3,(H,19,20)/t13-/m1/s1. The first-order valence-corrected chi connectivity index (χ1v) is 7.41. The Kier molecular flexibility index (Phi) is 6.19. The van der Waals surface area contributed by atoms with E-state index >= 15 is 0 Å². The van der Waals surface area contributed by atoms with Crippen molar-refractivity contribution in [2.45, 2.75) is 13.0 Å². The number of esters is 1. The van der Waals surface area contributed by atoms with Gasteiger partial charge >= 0.3 is 5.97 Å². The molecular weight excluding hydrogens is 310 g/mol. The van der Waals surface area contributed by atoms with Gasteiger partial charge in [-0.2, -0.15) is 0 Å². The molecule has 2 rings (SSSR count). The van der Waals surface area contributed by atoms with E-state index < -0.39 is 24.6 Å². The van der Waals surface area contributed by atoms with Crippen LogP contribution >= 0.6 is 0 Å². The quantitative estimate of drug-likeness (QED) is 0.791. The molecule has 24 heavy (non-hydrogen) atoms. The number of para-hydroxylation sites is 3. The summed E-state index contributed by atoms with van der Waals surface area (Å²) in [7, 11) is 1.51. The smallest absolute Gasteiger partial charge is 0.347 e. The topological polar surface area (TPSA) is 73.9 Å². The zero-order valence-corrected chi connectivity index (χ0v) is 13.5. The van der Waals surface area contributed by atoms with Gasteiger partial charge in [0, 0.05) is 0 Å². The number of nitrogens with one attached hydrogen (secondary N) is 1. The molecule has 126 valence electrons. The minimum atomic E-state index is -0.813. The van der Waals surface area contributed by atoms with Crippen molar-refractivity contribution >= 4 is 17.6 Å². The van der Waals surface area contributed by atoms with Crippen LogP contribution in [-0.4, -0.2) is 31.7 Å². The number of carbonyl (C=O) groups is 2. The third-order valence-corrected chi connectivity index (χ3v) is 3.11. The maximum atomic E-state index is 11.9. The van der Waals surface area contributed by atoms with Gasteiger partial charge in [-0.25, -0.2) is 4.79 Å². The summed E-state index contributed by atoms with van der Waals surface area (Å²) in [5, 5.41) is 2.62. The monoisotopic (exact) mass is 329 g/mol. The van der Waals surface area contributed by atoms with Gasteiger partial charge < -0.3 is 19.5 Å². The van der Waals surface area contributed by atoms with Crippen LogP contribution in [0.2, 0.25) is 0 Å². The Bertz CT molecular complexity index is 687. The maximum absolute atomic E-state index is 11.9. The van der Waals surface area contributed by atoms with E-state index in [-0.39, 0.29) is 0 Å². The van der Waals surface area contributed by atoms with Crippen molar-refractivity contribution in [1.29, 1.82) is 0 Å². The molecule has 0 radical (unpaired) electrons. The van der Waals surface area contributed by atoms with E-state index in [4.69, 9.17) is 14.2 Å². The molecule has 1 atom stereocenters. The Labute approximate surface area is 140 Å². The fraction of sp³-hybridized carbons (Fsp3) is 0.222. The summed E-state index contributed by atoms with van der Waals surface area (Å²) in [6.45, 7) is 1.16. The molecule has 0 spiro atoms. The lowest BCUT2D eigenvalue weighted by Crippen LogP contribution is -2.29. The Morgan fingerprint density at radius 1 is 1.04 bits per heavy atom. The van der Waals surface area contributed by atoms with Gasteiger partial charge in [0.05, 0.1) is 12.8 Å². The molecule has 0 aliphatic rings. The molecule has 0 fully saturated rings. The zero-order chi connectivity index (χ0) is 17.4. The van der Waals surface area contributed by atoms with E-state index in [2.05, 4.69) is 5.32 Å². The number of amides is 1. The number of rotatable bonds is 7. The highest BCUT2D eigenvalue weighted by Gasteiger charge is 2.18. The van der Waals surface area contributed by atoms with Gasteiger partial charge in [-0.1, -0.05) is 30.3 Å². The molecule has 0 bridgehead atoms. The lowest BCUT2D eigenvalue weighted by Gasteiger charge is -2.14. The molecular formula is C18H19NO5. The number of hydrogen-bond donors (Lipinski definition) is 1. The van der Waals surface area contributed by atoms with E-state index in [0.29, 0.717) is 17.2 Å².